The first kappa shape index (κ1) is 25.3. The van der Waals surface area contributed by atoms with Gasteiger partial charge in [0.1, 0.15) is 0 Å². The fraction of sp³-hybridized carbons (Fsp3) is 0.182. The molecule has 0 radical (unpaired) electrons. The van der Waals surface area contributed by atoms with Gasteiger partial charge in [0.15, 0.2) is 0 Å². The van der Waals surface area contributed by atoms with Crippen molar-refractivity contribution < 1.29 is 48.1 Å². The fourth-order valence-electron chi connectivity index (χ4n) is 2.51. The van der Waals surface area contributed by atoms with Crippen LogP contribution >= 0.6 is 0 Å². The summed E-state index contributed by atoms with van der Waals surface area (Å²) in [4.78, 5) is 0. The van der Waals surface area contributed by atoms with Gasteiger partial charge in [-0.1, -0.05) is 12.1 Å². The molecule has 26 heavy (non-hydrogen) atoms. The maximum atomic E-state index is 2.40. The molecule has 4 aromatic carbocycles. The zero-order chi connectivity index (χ0) is 17.2. The van der Waals surface area contributed by atoms with E-state index in [1.54, 1.807) is 23.3 Å². The average molecular weight is 479 g/mol. The van der Waals surface area contributed by atoms with Gasteiger partial charge >= 0.3 is 54.7 Å². The number of rotatable bonds is 2. The molecule has 4 heteroatoms. The molecule has 4 aromatic rings. The Bertz CT molecular complexity index is 753. The third-order valence-corrected chi connectivity index (χ3v) is 6.81. The summed E-state index contributed by atoms with van der Waals surface area (Å²) in [5.41, 5.74) is 0.204. The van der Waals surface area contributed by atoms with Crippen molar-refractivity contribution in [3.8, 4) is 0 Å². The molecule has 0 unspecified atom stereocenters. The van der Waals surface area contributed by atoms with Crippen LogP contribution in [0.1, 0.15) is 13.3 Å². The Morgan fingerprint density at radius 2 is 1.19 bits per heavy atom. The van der Waals surface area contributed by atoms with Crippen LogP contribution in [0.3, 0.4) is 0 Å². The minimum absolute atomic E-state index is 0. The first-order valence-corrected chi connectivity index (χ1v) is 14.3. The molecule has 0 fully saturated rings. The monoisotopic (exact) mass is 476 g/mol. The topological polar surface area (TPSA) is 0 Å². The van der Waals surface area contributed by atoms with Crippen molar-refractivity contribution in [3.05, 3.63) is 84.9 Å². The molecule has 0 atom stereocenters. The van der Waals surface area contributed by atoms with E-state index < -0.39 is 0 Å². The Labute approximate surface area is 184 Å². The normalized spacial score (nSPS) is 9.08. The quantitative estimate of drug-likeness (QED) is 0.294. The van der Waals surface area contributed by atoms with Gasteiger partial charge in [0.25, 0.3) is 0 Å². The molecule has 0 N–H and O–H groups in total. The summed E-state index contributed by atoms with van der Waals surface area (Å²) in [7, 11) is 0. The van der Waals surface area contributed by atoms with Crippen molar-refractivity contribution >= 4 is 27.0 Å². The SMILES string of the molecule is CCC[Si](C)=[Zr+2].[Cl-].[Cl-].c1ccc2[cH-]ccc2c1.c1ccc2[cH-]ccc2c1. The Balaban J connectivity index is 0.000000357. The van der Waals surface area contributed by atoms with Crippen molar-refractivity contribution in [2.24, 2.45) is 0 Å². The Morgan fingerprint density at radius 3 is 1.50 bits per heavy atom. The van der Waals surface area contributed by atoms with Crippen LogP contribution in [0.2, 0.25) is 12.6 Å². The van der Waals surface area contributed by atoms with E-state index in [2.05, 4.69) is 98.4 Å². The third kappa shape index (κ3) is 8.82. The smallest absolute Gasteiger partial charge is 0.0809 e. The van der Waals surface area contributed by atoms with Crippen LogP contribution in [0.15, 0.2) is 84.9 Å². The van der Waals surface area contributed by atoms with Gasteiger partial charge in [0, 0.05) is 0 Å². The molecule has 136 valence electrons. The van der Waals surface area contributed by atoms with Crippen molar-refractivity contribution in [3.63, 3.8) is 0 Å². The second-order valence-electron chi connectivity index (χ2n) is 5.84. The zero-order valence-corrected chi connectivity index (χ0v) is 20.2. The van der Waals surface area contributed by atoms with Crippen LogP contribution < -0.4 is 24.8 Å². The molecule has 0 amide bonds. The molecule has 0 aliphatic carbocycles. The van der Waals surface area contributed by atoms with E-state index in [9.17, 15) is 0 Å². The summed E-state index contributed by atoms with van der Waals surface area (Å²) >= 11 is 1.79. The number of hydrogen-bond donors (Lipinski definition) is 0. The second kappa shape index (κ2) is 14.4. The summed E-state index contributed by atoms with van der Waals surface area (Å²) in [6.07, 6.45) is 1.40. The minimum atomic E-state index is 0. The van der Waals surface area contributed by atoms with E-state index in [0.29, 0.717) is 0 Å². The molecule has 0 aliphatic heterocycles. The second-order valence-corrected chi connectivity index (χ2v) is 14.2. The van der Waals surface area contributed by atoms with Crippen LogP contribution in [0.5, 0.6) is 0 Å². The van der Waals surface area contributed by atoms with Gasteiger partial charge in [-0.25, -0.2) is 0 Å². The first-order chi connectivity index (χ1) is 11.7. The van der Waals surface area contributed by atoms with E-state index in [1.165, 1.54) is 34.0 Å². The third-order valence-electron chi connectivity index (χ3n) is 3.72. The molecule has 0 spiro atoms. The van der Waals surface area contributed by atoms with Gasteiger partial charge in [-0.15, -0.1) is 59.3 Å². The van der Waals surface area contributed by atoms with Gasteiger partial charge < -0.3 is 24.8 Å². The van der Waals surface area contributed by atoms with Crippen LogP contribution in [0.4, 0.5) is 0 Å². The average Bonchev–Trinajstić information content (AvgIpc) is 3.25. The number of benzene rings is 2. The summed E-state index contributed by atoms with van der Waals surface area (Å²) in [5, 5.41) is 5.32. The molecule has 0 saturated heterocycles. The molecule has 0 saturated carbocycles. The largest absolute Gasteiger partial charge is 1.00 e. The van der Waals surface area contributed by atoms with Crippen LogP contribution in [-0.4, -0.2) is 5.43 Å². The van der Waals surface area contributed by atoms with Gasteiger partial charge in [0.2, 0.25) is 0 Å². The van der Waals surface area contributed by atoms with Crippen molar-refractivity contribution in [1.29, 1.82) is 0 Å². The predicted molar refractivity (Wildman–Crippen MR) is 106 cm³/mol. The van der Waals surface area contributed by atoms with E-state index in [1.807, 2.05) is 0 Å². The van der Waals surface area contributed by atoms with Crippen LogP contribution in [-0.2, 0) is 23.3 Å². The molecule has 0 aliphatic rings. The summed E-state index contributed by atoms with van der Waals surface area (Å²) < 4.78 is 0. The van der Waals surface area contributed by atoms with Crippen LogP contribution in [0.25, 0.3) is 21.5 Å². The number of fused-ring (bicyclic) bond motifs is 2. The number of halogens is 2. The van der Waals surface area contributed by atoms with Crippen molar-refractivity contribution in [1.82, 2.24) is 0 Å². The predicted octanol–water partition coefficient (Wildman–Crippen LogP) is 0.690. The molecular weight excluding hydrogens is 454 g/mol. The molecule has 0 bridgehead atoms. The van der Waals surface area contributed by atoms with Gasteiger partial charge in [0.05, 0.1) is 0 Å². The molecule has 0 nitrogen and oxygen atoms in total. The van der Waals surface area contributed by atoms with E-state index >= 15 is 0 Å². The Kier molecular flexibility index (Phi) is 14.0. The van der Waals surface area contributed by atoms with Crippen LogP contribution in [0, 0.1) is 0 Å². The van der Waals surface area contributed by atoms with E-state index in [-0.39, 0.29) is 30.2 Å². The van der Waals surface area contributed by atoms with Gasteiger partial charge in [-0.3, -0.25) is 0 Å². The molecular formula is C22H24Cl2SiZr-2. The van der Waals surface area contributed by atoms with E-state index in [4.69, 9.17) is 0 Å². The molecule has 0 heterocycles. The minimum Gasteiger partial charge on any atom is -1.00 e. The van der Waals surface area contributed by atoms with Crippen molar-refractivity contribution in [2.75, 3.05) is 0 Å². The molecule has 0 aromatic heterocycles. The zero-order valence-electron chi connectivity index (χ0n) is 15.3. The maximum Gasteiger partial charge on any atom is -0.0809 e. The summed E-state index contributed by atoms with van der Waals surface area (Å²) in [5.74, 6) is 0. The van der Waals surface area contributed by atoms with E-state index in [0.717, 1.165) is 0 Å². The van der Waals surface area contributed by atoms with Gasteiger partial charge in [-0.2, -0.15) is 35.0 Å². The molecule has 4 rings (SSSR count). The van der Waals surface area contributed by atoms with Gasteiger partial charge in [-0.05, 0) is 0 Å². The number of hydrogen-bond acceptors (Lipinski definition) is 0. The summed E-state index contributed by atoms with van der Waals surface area (Å²) in [6, 6.07) is 30.9. The first-order valence-electron chi connectivity index (χ1n) is 8.45. The summed E-state index contributed by atoms with van der Waals surface area (Å²) in [6.45, 7) is 4.66. The fourth-order valence-corrected chi connectivity index (χ4v) is 5.11. The van der Waals surface area contributed by atoms with Crippen molar-refractivity contribution in [2.45, 2.75) is 25.9 Å². The Hall–Kier alpha value is -0.660. The Morgan fingerprint density at radius 1 is 0.769 bits per heavy atom. The maximum absolute atomic E-state index is 2.40. The standard InChI is InChI=1S/2C9H7.C4H10Si.2ClH.Zr/c2*1-2-5-9-7-3-6-8(9)4-1;1-3-4-5-2;;;/h2*1-7H;3-4H2,1-2H3;2*1H;/q2*-1;;;;+2/p-2.